The molecule has 0 fully saturated rings. The summed E-state index contributed by atoms with van der Waals surface area (Å²) in [6.07, 6.45) is 1.92. The Morgan fingerprint density at radius 2 is 2.00 bits per heavy atom. The predicted octanol–water partition coefficient (Wildman–Crippen LogP) is 3.76. The molecule has 0 aliphatic carbocycles. The number of halogens is 1. The summed E-state index contributed by atoms with van der Waals surface area (Å²) in [6, 6.07) is 6.27. The lowest BCUT2D eigenvalue weighted by molar-refractivity contribution is 0.286. The van der Waals surface area contributed by atoms with Crippen LogP contribution in [-0.2, 0) is 6.42 Å². The third-order valence-electron chi connectivity index (χ3n) is 2.52. The maximum Gasteiger partial charge on any atom is 0.122 e. The largest absolute Gasteiger partial charge is 0.493 e. The molecule has 0 spiro atoms. The SMILES string of the molecule is CC(C)CCOc1ccc(Br)cc1CC(C)N. The summed E-state index contributed by atoms with van der Waals surface area (Å²) in [5.74, 6) is 1.63. The van der Waals surface area contributed by atoms with E-state index in [1.165, 1.54) is 5.56 Å². The van der Waals surface area contributed by atoms with E-state index >= 15 is 0 Å². The van der Waals surface area contributed by atoms with Crippen LogP contribution < -0.4 is 10.5 Å². The molecule has 0 saturated heterocycles. The highest BCUT2D eigenvalue weighted by Crippen LogP contribution is 2.24. The van der Waals surface area contributed by atoms with Crippen molar-refractivity contribution < 1.29 is 4.74 Å². The van der Waals surface area contributed by atoms with Gasteiger partial charge in [-0.1, -0.05) is 29.8 Å². The van der Waals surface area contributed by atoms with Crippen LogP contribution in [0, 0.1) is 5.92 Å². The van der Waals surface area contributed by atoms with E-state index in [2.05, 4.69) is 35.8 Å². The zero-order valence-corrected chi connectivity index (χ0v) is 12.5. The second-order valence-corrected chi connectivity index (χ2v) is 5.88. The molecule has 2 nitrogen and oxygen atoms in total. The Morgan fingerprint density at radius 3 is 2.59 bits per heavy atom. The van der Waals surface area contributed by atoms with E-state index in [4.69, 9.17) is 10.5 Å². The van der Waals surface area contributed by atoms with Gasteiger partial charge in [-0.25, -0.2) is 0 Å². The highest BCUT2D eigenvalue weighted by molar-refractivity contribution is 9.10. The van der Waals surface area contributed by atoms with Crippen molar-refractivity contribution in [1.29, 1.82) is 0 Å². The van der Waals surface area contributed by atoms with Crippen molar-refractivity contribution in [2.24, 2.45) is 11.7 Å². The van der Waals surface area contributed by atoms with Crippen LogP contribution in [-0.4, -0.2) is 12.6 Å². The van der Waals surface area contributed by atoms with Crippen molar-refractivity contribution >= 4 is 15.9 Å². The van der Waals surface area contributed by atoms with Crippen molar-refractivity contribution in [3.05, 3.63) is 28.2 Å². The minimum Gasteiger partial charge on any atom is -0.493 e. The van der Waals surface area contributed by atoms with Crippen LogP contribution in [0.15, 0.2) is 22.7 Å². The average Bonchev–Trinajstić information content (AvgIpc) is 2.20. The number of benzene rings is 1. The monoisotopic (exact) mass is 299 g/mol. The van der Waals surface area contributed by atoms with Crippen molar-refractivity contribution in [2.45, 2.75) is 39.7 Å². The van der Waals surface area contributed by atoms with Crippen LogP contribution in [0.3, 0.4) is 0 Å². The summed E-state index contributed by atoms with van der Waals surface area (Å²) in [6.45, 7) is 7.19. The Bertz CT molecular complexity index is 350. The van der Waals surface area contributed by atoms with Crippen LogP contribution in [0.25, 0.3) is 0 Å². The maximum atomic E-state index is 5.85. The molecule has 0 aliphatic rings. The van der Waals surface area contributed by atoms with Gasteiger partial charge in [-0.2, -0.15) is 0 Å². The molecule has 0 aromatic heterocycles. The molecule has 3 heteroatoms. The van der Waals surface area contributed by atoms with E-state index in [0.717, 1.165) is 29.7 Å². The van der Waals surface area contributed by atoms with Crippen LogP contribution in [0.2, 0.25) is 0 Å². The third-order valence-corrected chi connectivity index (χ3v) is 3.01. The highest BCUT2D eigenvalue weighted by Gasteiger charge is 2.07. The molecular formula is C14H22BrNO. The molecule has 0 bridgehead atoms. The van der Waals surface area contributed by atoms with Gasteiger partial charge in [-0.15, -0.1) is 0 Å². The first-order valence-corrected chi connectivity index (χ1v) is 6.95. The Labute approximate surface area is 113 Å². The standard InChI is InChI=1S/C14H22BrNO/c1-10(2)6-7-17-14-5-4-13(15)9-12(14)8-11(3)16/h4-5,9-11H,6-8,16H2,1-3H3. The fourth-order valence-corrected chi connectivity index (χ4v) is 2.01. The summed E-state index contributed by atoms with van der Waals surface area (Å²) >= 11 is 3.48. The number of ether oxygens (including phenoxy) is 1. The minimum atomic E-state index is 0.150. The number of rotatable bonds is 6. The van der Waals surface area contributed by atoms with E-state index < -0.39 is 0 Å². The zero-order chi connectivity index (χ0) is 12.8. The Morgan fingerprint density at radius 1 is 1.29 bits per heavy atom. The molecule has 1 aromatic rings. The van der Waals surface area contributed by atoms with E-state index in [1.54, 1.807) is 0 Å². The van der Waals surface area contributed by atoms with Crippen LogP contribution in [0.1, 0.15) is 32.8 Å². The van der Waals surface area contributed by atoms with Gasteiger partial charge in [-0.3, -0.25) is 0 Å². The van der Waals surface area contributed by atoms with E-state index in [-0.39, 0.29) is 6.04 Å². The second kappa shape index (κ2) is 7.02. The Kier molecular flexibility index (Phi) is 6.00. The van der Waals surface area contributed by atoms with E-state index in [9.17, 15) is 0 Å². The van der Waals surface area contributed by atoms with Gasteiger partial charge in [0.15, 0.2) is 0 Å². The summed E-state index contributed by atoms with van der Waals surface area (Å²) in [7, 11) is 0. The van der Waals surface area contributed by atoms with Crippen LogP contribution >= 0.6 is 15.9 Å². The van der Waals surface area contributed by atoms with Gasteiger partial charge in [0.1, 0.15) is 5.75 Å². The van der Waals surface area contributed by atoms with Gasteiger partial charge < -0.3 is 10.5 Å². The minimum absolute atomic E-state index is 0.150. The lowest BCUT2D eigenvalue weighted by Crippen LogP contribution is -2.18. The Balaban J connectivity index is 2.68. The molecule has 2 N–H and O–H groups in total. The number of nitrogens with two attached hydrogens (primary N) is 1. The van der Waals surface area contributed by atoms with Crippen LogP contribution in [0.5, 0.6) is 5.75 Å². The second-order valence-electron chi connectivity index (χ2n) is 4.96. The number of hydrogen-bond acceptors (Lipinski definition) is 2. The molecule has 17 heavy (non-hydrogen) atoms. The molecule has 96 valence electrons. The van der Waals surface area contributed by atoms with E-state index in [0.29, 0.717) is 5.92 Å². The molecule has 1 atom stereocenters. The van der Waals surface area contributed by atoms with Gasteiger partial charge in [0.2, 0.25) is 0 Å². The maximum absolute atomic E-state index is 5.85. The molecule has 1 unspecified atom stereocenters. The summed E-state index contributed by atoms with van der Waals surface area (Å²) in [5.41, 5.74) is 7.03. The number of hydrogen-bond donors (Lipinski definition) is 1. The van der Waals surface area contributed by atoms with Crippen LogP contribution in [0.4, 0.5) is 0 Å². The van der Waals surface area contributed by atoms with Gasteiger partial charge in [0, 0.05) is 10.5 Å². The average molecular weight is 300 g/mol. The molecule has 0 radical (unpaired) electrons. The molecule has 0 amide bonds. The lowest BCUT2D eigenvalue weighted by Gasteiger charge is -2.14. The lowest BCUT2D eigenvalue weighted by atomic mass is 10.1. The van der Waals surface area contributed by atoms with Crippen molar-refractivity contribution in [2.75, 3.05) is 6.61 Å². The molecule has 1 aromatic carbocycles. The smallest absolute Gasteiger partial charge is 0.122 e. The molecule has 1 rings (SSSR count). The first-order valence-electron chi connectivity index (χ1n) is 6.16. The highest BCUT2D eigenvalue weighted by atomic mass is 79.9. The Hall–Kier alpha value is -0.540. The summed E-state index contributed by atoms with van der Waals surface area (Å²) < 4.78 is 6.90. The predicted molar refractivity (Wildman–Crippen MR) is 76.4 cm³/mol. The topological polar surface area (TPSA) is 35.2 Å². The van der Waals surface area contributed by atoms with Gasteiger partial charge in [0.25, 0.3) is 0 Å². The normalized spacial score (nSPS) is 12.8. The van der Waals surface area contributed by atoms with Crippen molar-refractivity contribution in [3.8, 4) is 5.75 Å². The summed E-state index contributed by atoms with van der Waals surface area (Å²) in [5, 5.41) is 0. The molecule has 0 aliphatic heterocycles. The first kappa shape index (κ1) is 14.5. The first-order chi connectivity index (χ1) is 7.99. The fraction of sp³-hybridized carbons (Fsp3) is 0.571. The van der Waals surface area contributed by atoms with Gasteiger partial charge in [-0.05, 0) is 49.4 Å². The van der Waals surface area contributed by atoms with Gasteiger partial charge in [0.05, 0.1) is 6.61 Å². The van der Waals surface area contributed by atoms with E-state index in [1.807, 2.05) is 19.1 Å². The molecular weight excluding hydrogens is 278 g/mol. The van der Waals surface area contributed by atoms with Crippen molar-refractivity contribution in [1.82, 2.24) is 0 Å². The van der Waals surface area contributed by atoms with Gasteiger partial charge >= 0.3 is 0 Å². The zero-order valence-electron chi connectivity index (χ0n) is 10.9. The third kappa shape index (κ3) is 5.55. The van der Waals surface area contributed by atoms with Crippen molar-refractivity contribution in [3.63, 3.8) is 0 Å². The fourth-order valence-electron chi connectivity index (χ4n) is 1.60. The quantitative estimate of drug-likeness (QED) is 0.868. The molecule has 0 heterocycles. The summed E-state index contributed by atoms with van der Waals surface area (Å²) in [4.78, 5) is 0. The molecule has 0 saturated carbocycles.